The lowest BCUT2D eigenvalue weighted by molar-refractivity contribution is 0.611. The fraction of sp³-hybridized carbons (Fsp3) is 0.800. The normalized spacial score (nSPS) is 11.9. The van der Waals surface area contributed by atoms with Gasteiger partial charge in [-0.1, -0.05) is 95.9 Å². The second-order valence-electron chi connectivity index (χ2n) is 5.94. The van der Waals surface area contributed by atoms with Crippen LogP contribution >= 0.6 is 0 Å². The Morgan fingerprint density at radius 3 is 1.30 bits per heavy atom. The van der Waals surface area contributed by atoms with E-state index in [2.05, 4.69) is 38.2 Å². The van der Waals surface area contributed by atoms with Crippen LogP contribution in [0.15, 0.2) is 24.3 Å². The SMILES string of the molecule is CCCCCCC/C=C\C/C=C\CCCCCCCC. The van der Waals surface area contributed by atoms with Crippen LogP contribution in [-0.4, -0.2) is 0 Å². The first-order chi connectivity index (χ1) is 9.91. The van der Waals surface area contributed by atoms with Crippen molar-refractivity contribution in [2.75, 3.05) is 0 Å². The molecule has 0 aliphatic rings. The van der Waals surface area contributed by atoms with E-state index in [0.717, 1.165) is 6.42 Å². The van der Waals surface area contributed by atoms with E-state index in [4.69, 9.17) is 0 Å². The van der Waals surface area contributed by atoms with Crippen LogP contribution in [0, 0.1) is 0 Å². The number of allylic oxidation sites excluding steroid dienone is 4. The number of rotatable bonds is 15. The van der Waals surface area contributed by atoms with Crippen molar-refractivity contribution in [2.24, 2.45) is 0 Å². The molecule has 0 nitrogen and oxygen atoms in total. The van der Waals surface area contributed by atoms with Gasteiger partial charge in [0, 0.05) is 0 Å². The highest BCUT2D eigenvalue weighted by Gasteiger charge is 1.88. The van der Waals surface area contributed by atoms with E-state index in [1.54, 1.807) is 0 Å². The zero-order valence-corrected chi connectivity index (χ0v) is 14.2. The first-order valence-corrected chi connectivity index (χ1v) is 9.21. The van der Waals surface area contributed by atoms with Gasteiger partial charge in [0.05, 0.1) is 0 Å². The molecule has 0 atom stereocenters. The van der Waals surface area contributed by atoms with Crippen LogP contribution in [0.4, 0.5) is 0 Å². The summed E-state index contributed by atoms with van der Waals surface area (Å²) >= 11 is 0. The van der Waals surface area contributed by atoms with Crippen molar-refractivity contribution in [3.05, 3.63) is 24.3 Å². The summed E-state index contributed by atoms with van der Waals surface area (Å²) in [5, 5.41) is 0. The summed E-state index contributed by atoms with van der Waals surface area (Å²) in [6.07, 6.45) is 28.4. The third-order valence-corrected chi connectivity index (χ3v) is 3.80. The molecule has 0 aliphatic heterocycles. The van der Waals surface area contributed by atoms with E-state index in [-0.39, 0.29) is 0 Å². The van der Waals surface area contributed by atoms with Gasteiger partial charge < -0.3 is 0 Å². The Bertz CT molecular complexity index is 212. The molecule has 0 heterocycles. The Kier molecular flexibility index (Phi) is 18.0. The number of hydrogen-bond donors (Lipinski definition) is 0. The molecule has 0 bridgehead atoms. The fourth-order valence-corrected chi connectivity index (χ4v) is 2.41. The Hall–Kier alpha value is -0.520. The molecule has 0 N–H and O–H groups in total. The minimum absolute atomic E-state index is 1.13. The highest BCUT2D eigenvalue weighted by Crippen LogP contribution is 2.08. The summed E-state index contributed by atoms with van der Waals surface area (Å²) < 4.78 is 0. The predicted molar refractivity (Wildman–Crippen MR) is 94.3 cm³/mol. The molecule has 118 valence electrons. The lowest BCUT2D eigenvalue weighted by Gasteiger charge is -1.97. The van der Waals surface area contributed by atoms with E-state index in [0.29, 0.717) is 0 Å². The van der Waals surface area contributed by atoms with E-state index < -0.39 is 0 Å². The summed E-state index contributed by atoms with van der Waals surface area (Å²) in [7, 11) is 0. The molecule has 0 heteroatoms. The lowest BCUT2D eigenvalue weighted by atomic mass is 10.1. The number of hydrogen-bond acceptors (Lipinski definition) is 0. The summed E-state index contributed by atoms with van der Waals surface area (Å²) in [6, 6.07) is 0. The Balaban J connectivity index is 3.14. The van der Waals surface area contributed by atoms with Crippen molar-refractivity contribution in [3.8, 4) is 0 Å². The molecule has 0 spiro atoms. The van der Waals surface area contributed by atoms with Crippen LogP contribution in [0.3, 0.4) is 0 Å². The Labute approximate surface area is 128 Å². The molecule has 0 saturated carbocycles. The average Bonchev–Trinajstić information content (AvgIpc) is 2.47. The number of unbranched alkanes of at least 4 members (excludes halogenated alkanes) is 11. The molecule has 0 unspecified atom stereocenters. The van der Waals surface area contributed by atoms with Crippen LogP contribution in [0.2, 0.25) is 0 Å². The second-order valence-corrected chi connectivity index (χ2v) is 5.94. The molecular weight excluding hydrogens is 240 g/mol. The van der Waals surface area contributed by atoms with Crippen LogP contribution in [0.5, 0.6) is 0 Å². The molecule has 20 heavy (non-hydrogen) atoms. The molecule has 0 radical (unpaired) electrons. The van der Waals surface area contributed by atoms with Crippen molar-refractivity contribution >= 4 is 0 Å². The molecule has 0 rings (SSSR count). The molecule has 0 aromatic rings. The summed E-state index contributed by atoms with van der Waals surface area (Å²) in [5.74, 6) is 0. The maximum absolute atomic E-state index is 2.37. The van der Waals surface area contributed by atoms with E-state index in [9.17, 15) is 0 Å². The third-order valence-electron chi connectivity index (χ3n) is 3.80. The average molecular weight is 279 g/mol. The highest BCUT2D eigenvalue weighted by atomic mass is 13.9. The van der Waals surface area contributed by atoms with E-state index in [1.807, 2.05) is 0 Å². The molecular formula is C20H38. The first kappa shape index (κ1) is 19.5. The third kappa shape index (κ3) is 17.5. The van der Waals surface area contributed by atoms with Crippen molar-refractivity contribution in [2.45, 2.75) is 104 Å². The summed E-state index contributed by atoms with van der Waals surface area (Å²) in [4.78, 5) is 0. The molecule has 0 saturated heterocycles. The topological polar surface area (TPSA) is 0 Å². The van der Waals surface area contributed by atoms with Gasteiger partial charge in [0.2, 0.25) is 0 Å². The van der Waals surface area contributed by atoms with Crippen LogP contribution < -0.4 is 0 Å². The summed E-state index contributed by atoms with van der Waals surface area (Å²) in [6.45, 7) is 4.55. The monoisotopic (exact) mass is 278 g/mol. The van der Waals surface area contributed by atoms with Crippen molar-refractivity contribution < 1.29 is 0 Å². The Morgan fingerprint density at radius 2 is 0.850 bits per heavy atom. The summed E-state index contributed by atoms with van der Waals surface area (Å²) in [5.41, 5.74) is 0. The Morgan fingerprint density at radius 1 is 0.450 bits per heavy atom. The van der Waals surface area contributed by atoms with Gasteiger partial charge in [-0.2, -0.15) is 0 Å². The van der Waals surface area contributed by atoms with Crippen LogP contribution in [0.1, 0.15) is 104 Å². The maximum Gasteiger partial charge on any atom is -0.0169 e. The first-order valence-electron chi connectivity index (χ1n) is 9.21. The molecule has 0 aromatic carbocycles. The molecule has 0 aliphatic carbocycles. The maximum atomic E-state index is 2.37. The predicted octanol–water partition coefficient (Wildman–Crippen LogP) is 7.60. The van der Waals surface area contributed by atoms with Crippen molar-refractivity contribution in [1.82, 2.24) is 0 Å². The van der Waals surface area contributed by atoms with Crippen LogP contribution in [0.25, 0.3) is 0 Å². The minimum Gasteiger partial charge on any atom is -0.0882 e. The van der Waals surface area contributed by atoms with Gasteiger partial charge >= 0.3 is 0 Å². The van der Waals surface area contributed by atoms with Crippen LogP contribution in [-0.2, 0) is 0 Å². The van der Waals surface area contributed by atoms with Gasteiger partial charge in [-0.25, -0.2) is 0 Å². The van der Waals surface area contributed by atoms with Gasteiger partial charge in [0.25, 0.3) is 0 Å². The van der Waals surface area contributed by atoms with Gasteiger partial charge in [-0.15, -0.1) is 0 Å². The molecule has 0 amide bonds. The van der Waals surface area contributed by atoms with Crippen molar-refractivity contribution in [3.63, 3.8) is 0 Å². The van der Waals surface area contributed by atoms with E-state index >= 15 is 0 Å². The van der Waals surface area contributed by atoms with E-state index in [1.165, 1.54) is 83.5 Å². The van der Waals surface area contributed by atoms with Gasteiger partial charge in [0.15, 0.2) is 0 Å². The van der Waals surface area contributed by atoms with Gasteiger partial charge in [-0.3, -0.25) is 0 Å². The minimum atomic E-state index is 1.13. The van der Waals surface area contributed by atoms with Gasteiger partial charge in [-0.05, 0) is 32.1 Å². The molecule has 0 aromatic heterocycles. The highest BCUT2D eigenvalue weighted by molar-refractivity contribution is 4.92. The standard InChI is InChI=1S/C20H38/c1-3-5-7-9-11-13-15-17-19-20-18-16-14-12-10-8-6-4-2/h15,17-18,20H,3-14,16,19H2,1-2H3/b17-15-,20-18-. The smallest absolute Gasteiger partial charge is 0.0169 e. The lowest BCUT2D eigenvalue weighted by Crippen LogP contribution is -1.77. The zero-order chi connectivity index (χ0) is 14.7. The second kappa shape index (κ2) is 18.5. The quantitative estimate of drug-likeness (QED) is 0.214. The van der Waals surface area contributed by atoms with Gasteiger partial charge in [0.1, 0.15) is 0 Å². The van der Waals surface area contributed by atoms with Crippen molar-refractivity contribution in [1.29, 1.82) is 0 Å². The zero-order valence-electron chi connectivity index (χ0n) is 14.2. The fourth-order valence-electron chi connectivity index (χ4n) is 2.41. The largest absolute Gasteiger partial charge is 0.0882 e. The molecule has 0 fully saturated rings.